The van der Waals surface area contributed by atoms with Crippen LogP contribution in [0.25, 0.3) is 22.3 Å². The van der Waals surface area contributed by atoms with Crippen molar-refractivity contribution < 1.29 is 4.74 Å². The van der Waals surface area contributed by atoms with Crippen molar-refractivity contribution in [3.63, 3.8) is 0 Å². The summed E-state index contributed by atoms with van der Waals surface area (Å²) in [6.45, 7) is 0. The van der Waals surface area contributed by atoms with Crippen LogP contribution in [0.4, 0.5) is 0 Å². The lowest BCUT2D eigenvalue weighted by molar-refractivity contribution is 0.415. The Morgan fingerprint density at radius 3 is 2.79 bits per heavy atom. The smallest absolute Gasteiger partial charge is 0.259 e. The molecule has 4 heteroatoms. The summed E-state index contributed by atoms with van der Waals surface area (Å²) in [5.41, 5.74) is 1.37. The zero-order valence-electron chi connectivity index (χ0n) is 10.4. The van der Waals surface area contributed by atoms with Crippen LogP contribution in [0.5, 0.6) is 5.75 Å². The summed E-state index contributed by atoms with van der Waals surface area (Å²) >= 11 is 0. The van der Waals surface area contributed by atoms with E-state index in [-0.39, 0.29) is 5.56 Å². The van der Waals surface area contributed by atoms with Crippen LogP contribution in [-0.4, -0.2) is 17.1 Å². The fourth-order valence-corrected chi connectivity index (χ4v) is 1.99. The number of rotatable bonds is 2. The van der Waals surface area contributed by atoms with Gasteiger partial charge < -0.3 is 9.72 Å². The summed E-state index contributed by atoms with van der Waals surface area (Å²) in [7, 11) is 1.61. The van der Waals surface area contributed by atoms with Crippen LogP contribution in [0.1, 0.15) is 0 Å². The van der Waals surface area contributed by atoms with Gasteiger partial charge in [-0.25, -0.2) is 4.98 Å². The first-order chi connectivity index (χ1) is 9.28. The fraction of sp³-hybridized carbons (Fsp3) is 0.0667. The lowest BCUT2D eigenvalue weighted by atomic mass is 10.2. The highest BCUT2D eigenvalue weighted by Gasteiger charge is 2.06. The number of para-hydroxylation sites is 1. The highest BCUT2D eigenvalue weighted by atomic mass is 16.5. The maximum Gasteiger partial charge on any atom is 0.259 e. The van der Waals surface area contributed by atoms with Gasteiger partial charge in [-0.15, -0.1) is 0 Å². The summed E-state index contributed by atoms with van der Waals surface area (Å²) in [5, 5.41) is 0.592. The molecule has 4 nitrogen and oxygen atoms in total. The second-order valence-corrected chi connectivity index (χ2v) is 4.16. The summed E-state index contributed by atoms with van der Waals surface area (Å²) < 4.78 is 5.17. The summed E-state index contributed by atoms with van der Waals surface area (Å²) in [6, 6.07) is 14.7. The number of aromatic nitrogens is 2. The molecule has 0 aliphatic heterocycles. The van der Waals surface area contributed by atoms with E-state index >= 15 is 0 Å². The van der Waals surface area contributed by atoms with Gasteiger partial charge in [-0.3, -0.25) is 4.79 Å². The van der Waals surface area contributed by atoms with E-state index in [9.17, 15) is 4.79 Å². The number of ether oxygens (including phenoxy) is 1. The monoisotopic (exact) mass is 252 g/mol. The highest BCUT2D eigenvalue weighted by molar-refractivity contribution is 5.79. The van der Waals surface area contributed by atoms with Gasteiger partial charge in [0.2, 0.25) is 0 Å². The van der Waals surface area contributed by atoms with Gasteiger partial charge in [0.25, 0.3) is 5.56 Å². The molecule has 3 rings (SSSR count). The van der Waals surface area contributed by atoms with Crippen molar-refractivity contribution in [3.05, 3.63) is 58.9 Å². The van der Waals surface area contributed by atoms with Gasteiger partial charge in [-0.1, -0.05) is 24.3 Å². The summed E-state index contributed by atoms with van der Waals surface area (Å²) in [4.78, 5) is 19.3. The van der Waals surface area contributed by atoms with Gasteiger partial charge in [0.15, 0.2) is 0 Å². The Hall–Kier alpha value is -2.62. The molecule has 19 heavy (non-hydrogen) atoms. The molecule has 3 aromatic rings. The largest absolute Gasteiger partial charge is 0.497 e. The van der Waals surface area contributed by atoms with Gasteiger partial charge in [0, 0.05) is 5.56 Å². The number of nitrogens with one attached hydrogen (secondary N) is 1. The molecule has 0 amide bonds. The molecular formula is C15H12N2O2. The predicted octanol–water partition coefficient (Wildman–Crippen LogP) is 2.60. The SMILES string of the molecule is COc1cccc(-c2nc3ccccc3c(=O)[nH]2)c1. The average Bonchev–Trinajstić information content (AvgIpc) is 2.47. The average molecular weight is 252 g/mol. The van der Waals surface area contributed by atoms with Crippen LogP contribution in [-0.2, 0) is 0 Å². The third-order valence-electron chi connectivity index (χ3n) is 2.96. The number of nitrogens with zero attached hydrogens (tertiary/aromatic N) is 1. The van der Waals surface area contributed by atoms with Crippen molar-refractivity contribution in [1.29, 1.82) is 0 Å². The van der Waals surface area contributed by atoms with E-state index in [4.69, 9.17) is 4.74 Å². The molecule has 0 unspecified atom stereocenters. The summed E-state index contributed by atoms with van der Waals surface area (Å²) in [6.07, 6.45) is 0. The van der Waals surface area contributed by atoms with Crippen molar-refractivity contribution >= 4 is 10.9 Å². The molecule has 94 valence electrons. The molecule has 0 saturated carbocycles. The Balaban J connectivity index is 2.22. The summed E-state index contributed by atoms with van der Waals surface area (Å²) in [5.74, 6) is 1.27. The highest BCUT2D eigenvalue weighted by Crippen LogP contribution is 2.21. The number of benzene rings is 2. The van der Waals surface area contributed by atoms with E-state index in [1.54, 1.807) is 13.2 Å². The normalized spacial score (nSPS) is 10.6. The first-order valence-electron chi connectivity index (χ1n) is 5.91. The number of aromatic amines is 1. The Labute approximate surface area is 109 Å². The second kappa shape index (κ2) is 4.57. The molecule has 0 spiro atoms. The van der Waals surface area contributed by atoms with E-state index in [1.165, 1.54) is 0 Å². The van der Waals surface area contributed by atoms with Crippen LogP contribution in [0.3, 0.4) is 0 Å². The fourth-order valence-electron chi connectivity index (χ4n) is 1.99. The number of hydrogen-bond acceptors (Lipinski definition) is 3. The minimum absolute atomic E-state index is 0.136. The predicted molar refractivity (Wildman–Crippen MR) is 74.4 cm³/mol. The Morgan fingerprint density at radius 2 is 1.95 bits per heavy atom. The number of fused-ring (bicyclic) bond motifs is 1. The minimum Gasteiger partial charge on any atom is -0.497 e. The van der Waals surface area contributed by atoms with Crippen LogP contribution in [0.2, 0.25) is 0 Å². The van der Waals surface area contributed by atoms with E-state index in [2.05, 4.69) is 9.97 Å². The first-order valence-corrected chi connectivity index (χ1v) is 5.91. The van der Waals surface area contributed by atoms with Crippen LogP contribution in [0.15, 0.2) is 53.3 Å². The Kier molecular flexibility index (Phi) is 2.76. The third-order valence-corrected chi connectivity index (χ3v) is 2.96. The molecule has 0 aliphatic rings. The van der Waals surface area contributed by atoms with Crippen molar-refractivity contribution in [2.75, 3.05) is 7.11 Å². The molecule has 1 aromatic heterocycles. The standard InChI is InChI=1S/C15H12N2O2/c1-19-11-6-4-5-10(9-11)14-16-13-8-3-2-7-12(13)15(18)17-14/h2-9H,1H3,(H,16,17,18). The van der Waals surface area contributed by atoms with Gasteiger partial charge >= 0.3 is 0 Å². The Bertz CT molecular complexity index is 793. The lowest BCUT2D eigenvalue weighted by Gasteiger charge is -2.05. The molecule has 0 fully saturated rings. The Morgan fingerprint density at radius 1 is 1.11 bits per heavy atom. The first kappa shape index (κ1) is 11.5. The van der Waals surface area contributed by atoms with Gasteiger partial charge in [0.1, 0.15) is 11.6 Å². The second-order valence-electron chi connectivity index (χ2n) is 4.16. The molecule has 2 aromatic carbocycles. The number of hydrogen-bond donors (Lipinski definition) is 1. The van der Waals surface area contributed by atoms with Crippen molar-refractivity contribution in [1.82, 2.24) is 9.97 Å². The molecule has 0 aliphatic carbocycles. The van der Waals surface area contributed by atoms with Crippen LogP contribution >= 0.6 is 0 Å². The van der Waals surface area contributed by atoms with E-state index < -0.39 is 0 Å². The van der Waals surface area contributed by atoms with Crippen molar-refractivity contribution in [3.8, 4) is 17.1 Å². The van der Waals surface area contributed by atoms with Crippen molar-refractivity contribution in [2.24, 2.45) is 0 Å². The maximum atomic E-state index is 12.0. The maximum absolute atomic E-state index is 12.0. The van der Waals surface area contributed by atoms with Crippen LogP contribution < -0.4 is 10.3 Å². The number of methoxy groups -OCH3 is 1. The van der Waals surface area contributed by atoms with Crippen molar-refractivity contribution in [2.45, 2.75) is 0 Å². The van der Waals surface area contributed by atoms with E-state index in [0.29, 0.717) is 16.7 Å². The zero-order chi connectivity index (χ0) is 13.2. The molecule has 0 bridgehead atoms. The minimum atomic E-state index is -0.136. The number of H-pyrrole nitrogens is 1. The van der Waals surface area contributed by atoms with Crippen LogP contribution in [0, 0.1) is 0 Å². The lowest BCUT2D eigenvalue weighted by Crippen LogP contribution is -2.09. The van der Waals surface area contributed by atoms with E-state index in [1.807, 2.05) is 42.5 Å². The van der Waals surface area contributed by atoms with Gasteiger partial charge in [-0.05, 0) is 24.3 Å². The molecule has 0 saturated heterocycles. The topological polar surface area (TPSA) is 55.0 Å². The molecule has 1 N–H and O–H groups in total. The van der Waals surface area contributed by atoms with E-state index in [0.717, 1.165) is 11.3 Å². The molecule has 0 radical (unpaired) electrons. The zero-order valence-corrected chi connectivity index (χ0v) is 10.4. The molecular weight excluding hydrogens is 240 g/mol. The molecule has 0 atom stereocenters. The quantitative estimate of drug-likeness (QED) is 0.762. The molecule has 1 heterocycles. The van der Waals surface area contributed by atoms with Gasteiger partial charge in [0.05, 0.1) is 18.0 Å². The van der Waals surface area contributed by atoms with Gasteiger partial charge in [-0.2, -0.15) is 0 Å². The third kappa shape index (κ3) is 2.08.